The Balaban J connectivity index is 1.26. The van der Waals surface area contributed by atoms with Crippen LogP contribution in [0.15, 0.2) is 59.1 Å². The van der Waals surface area contributed by atoms with E-state index in [1.165, 1.54) is 0 Å². The minimum atomic E-state index is 0.133. The molecule has 1 fully saturated rings. The highest BCUT2D eigenvalue weighted by Crippen LogP contribution is 2.30. The Labute approximate surface area is 167 Å². The predicted molar refractivity (Wildman–Crippen MR) is 110 cm³/mol. The smallest absolute Gasteiger partial charge is 0.242 e. The Kier molecular flexibility index (Phi) is 4.32. The summed E-state index contributed by atoms with van der Waals surface area (Å²) < 4.78 is 7.89. The van der Waals surface area contributed by atoms with E-state index in [0.717, 1.165) is 53.8 Å². The van der Waals surface area contributed by atoms with Crippen molar-refractivity contribution in [3.8, 4) is 0 Å². The topological polar surface area (TPSA) is 51.3 Å². The molecule has 5 nitrogen and oxygen atoms in total. The molecule has 1 amide bonds. The van der Waals surface area contributed by atoms with Gasteiger partial charge in [0.25, 0.3) is 0 Å². The second-order valence-electron chi connectivity index (χ2n) is 7.32. The van der Waals surface area contributed by atoms with Crippen LogP contribution in [0.5, 0.6) is 0 Å². The van der Waals surface area contributed by atoms with Crippen LogP contribution in [0, 0.1) is 0 Å². The van der Waals surface area contributed by atoms with Crippen LogP contribution < -0.4 is 0 Å². The number of carbonyl (C=O) groups excluding carboxylic acids is 1. The molecule has 2 aromatic carbocycles. The lowest BCUT2D eigenvalue weighted by Crippen LogP contribution is -2.39. The Bertz CT molecular complexity index is 1120. The van der Waals surface area contributed by atoms with Gasteiger partial charge in [-0.2, -0.15) is 0 Å². The first-order chi connectivity index (χ1) is 13.7. The van der Waals surface area contributed by atoms with Crippen molar-refractivity contribution in [2.24, 2.45) is 0 Å². The molecule has 0 aliphatic carbocycles. The molecule has 0 saturated carbocycles. The lowest BCUT2D eigenvalue weighted by atomic mass is 9.97. The first-order valence-electron chi connectivity index (χ1n) is 9.55. The summed E-state index contributed by atoms with van der Waals surface area (Å²) in [5.74, 6) is 1.19. The number of halogens is 1. The van der Waals surface area contributed by atoms with Gasteiger partial charge in [-0.15, -0.1) is 0 Å². The van der Waals surface area contributed by atoms with Crippen molar-refractivity contribution in [3.63, 3.8) is 0 Å². The number of nitrogens with zero attached hydrogens (tertiary/aromatic N) is 3. The summed E-state index contributed by atoms with van der Waals surface area (Å²) in [5.41, 5.74) is 2.71. The minimum absolute atomic E-state index is 0.133. The second kappa shape index (κ2) is 6.99. The highest BCUT2D eigenvalue weighted by molar-refractivity contribution is 6.31. The van der Waals surface area contributed by atoms with E-state index in [4.69, 9.17) is 16.0 Å². The molecule has 1 aliphatic heterocycles. The van der Waals surface area contributed by atoms with Crippen molar-refractivity contribution < 1.29 is 9.21 Å². The van der Waals surface area contributed by atoms with E-state index in [-0.39, 0.29) is 11.8 Å². The molecule has 4 aromatic rings. The van der Waals surface area contributed by atoms with E-state index in [9.17, 15) is 4.79 Å². The Hall–Kier alpha value is -2.79. The third-order valence-electron chi connectivity index (χ3n) is 5.55. The third kappa shape index (κ3) is 3.16. The van der Waals surface area contributed by atoms with Crippen molar-refractivity contribution in [1.82, 2.24) is 14.5 Å². The fourth-order valence-electron chi connectivity index (χ4n) is 3.98. The third-order valence-corrected chi connectivity index (χ3v) is 5.78. The summed E-state index contributed by atoms with van der Waals surface area (Å²) in [6.45, 7) is 1.78. The number of aromatic nitrogens is 2. The van der Waals surface area contributed by atoms with Crippen LogP contribution in [0.25, 0.3) is 22.0 Å². The predicted octanol–water partition coefficient (Wildman–Crippen LogP) is 4.84. The van der Waals surface area contributed by atoms with Gasteiger partial charge >= 0.3 is 0 Å². The van der Waals surface area contributed by atoms with Crippen LogP contribution in [0.2, 0.25) is 5.02 Å². The van der Waals surface area contributed by atoms with Crippen LogP contribution >= 0.6 is 11.6 Å². The van der Waals surface area contributed by atoms with Gasteiger partial charge in [0.2, 0.25) is 5.91 Å². The van der Waals surface area contributed by atoms with E-state index in [2.05, 4.69) is 4.98 Å². The average molecular weight is 394 g/mol. The number of rotatable bonds is 3. The zero-order valence-electron chi connectivity index (χ0n) is 15.3. The number of amides is 1. The van der Waals surface area contributed by atoms with E-state index >= 15 is 0 Å². The highest BCUT2D eigenvalue weighted by atomic mass is 35.5. The maximum Gasteiger partial charge on any atom is 0.242 e. The number of hydrogen-bond acceptors (Lipinski definition) is 3. The molecule has 1 saturated heterocycles. The SMILES string of the molecule is O=C(Cn1ccc2ccc(Cl)cc21)N1CCC(c2nc3ccccc3o2)CC1. The van der Waals surface area contributed by atoms with Crippen molar-refractivity contribution in [2.45, 2.75) is 25.3 Å². The molecular weight excluding hydrogens is 374 g/mol. The molecule has 5 rings (SSSR count). The van der Waals surface area contributed by atoms with Gasteiger partial charge in [0.15, 0.2) is 11.5 Å². The molecule has 0 spiro atoms. The molecule has 0 radical (unpaired) electrons. The van der Waals surface area contributed by atoms with Gasteiger partial charge in [-0.1, -0.05) is 29.8 Å². The lowest BCUT2D eigenvalue weighted by molar-refractivity contribution is -0.132. The van der Waals surface area contributed by atoms with E-state index < -0.39 is 0 Å². The van der Waals surface area contributed by atoms with Gasteiger partial charge in [-0.05, 0) is 48.6 Å². The second-order valence-corrected chi connectivity index (χ2v) is 7.76. The monoisotopic (exact) mass is 393 g/mol. The normalized spacial score (nSPS) is 15.5. The summed E-state index contributed by atoms with van der Waals surface area (Å²) >= 11 is 6.11. The molecule has 6 heteroatoms. The molecule has 142 valence electrons. The van der Waals surface area contributed by atoms with E-state index in [1.54, 1.807) is 0 Å². The highest BCUT2D eigenvalue weighted by Gasteiger charge is 2.27. The number of carbonyl (C=O) groups is 1. The summed E-state index contributed by atoms with van der Waals surface area (Å²) in [7, 11) is 0. The fraction of sp³-hybridized carbons (Fsp3) is 0.273. The van der Waals surface area contributed by atoms with Gasteiger partial charge < -0.3 is 13.9 Å². The zero-order valence-corrected chi connectivity index (χ0v) is 16.1. The summed E-state index contributed by atoms with van der Waals surface area (Å²) in [6.07, 6.45) is 3.69. The maximum atomic E-state index is 12.8. The first kappa shape index (κ1) is 17.3. The molecule has 1 aliphatic rings. The van der Waals surface area contributed by atoms with Gasteiger partial charge in [-0.25, -0.2) is 4.98 Å². The van der Waals surface area contributed by atoms with Crippen LogP contribution in [0.3, 0.4) is 0 Å². The molecule has 0 bridgehead atoms. The van der Waals surface area contributed by atoms with Gasteiger partial charge in [0, 0.05) is 35.7 Å². The van der Waals surface area contributed by atoms with Crippen molar-refractivity contribution >= 4 is 39.5 Å². The van der Waals surface area contributed by atoms with E-state index in [0.29, 0.717) is 11.6 Å². The standard InChI is InChI=1S/C22H20ClN3O2/c23-17-6-5-15-7-12-26(19(15)13-17)14-21(27)25-10-8-16(9-11-25)22-24-18-3-1-2-4-20(18)28-22/h1-7,12-13,16H,8-11,14H2. The van der Waals surface area contributed by atoms with Crippen molar-refractivity contribution in [1.29, 1.82) is 0 Å². The van der Waals surface area contributed by atoms with Gasteiger partial charge in [0.1, 0.15) is 12.1 Å². The summed E-state index contributed by atoms with van der Waals surface area (Å²) in [5, 5.41) is 1.77. The van der Waals surface area contributed by atoms with Crippen molar-refractivity contribution in [2.75, 3.05) is 13.1 Å². The zero-order chi connectivity index (χ0) is 19.1. The average Bonchev–Trinajstić information content (AvgIpc) is 3.32. The maximum absolute atomic E-state index is 12.8. The molecule has 0 unspecified atom stereocenters. The Morgan fingerprint density at radius 2 is 1.96 bits per heavy atom. The molecular formula is C22H20ClN3O2. The minimum Gasteiger partial charge on any atom is -0.440 e. The summed E-state index contributed by atoms with van der Waals surface area (Å²) in [4.78, 5) is 19.4. The van der Waals surface area contributed by atoms with E-state index in [1.807, 2.05) is 64.2 Å². The first-order valence-corrected chi connectivity index (χ1v) is 9.93. The lowest BCUT2D eigenvalue weighted by Gasteiger charge is -2.30. The van der Waals surface area contributed by atoms with Crippen LogP contribution in [0.4, 0.5) is 0 Å². The van der Waals surface area contributed by atoms with Crippen LogP contribution in [-0.4, -0.2) is 33.4 Å². The molecule has 3 heterocycles. The number of likely N-dealkylation sites (tertiary alicyclic amines) is 1. The van der Waals surface area contributed by atoms with Gasteiger partial charge in [-0.3, -0.25) is 4.79 Å². The number of hydrogen-bond donors (Lipinski definition) is 0. The molecule has 2 aromatic heterocycles. The number of para-hydroxylation sites is 2. The number of fused-ring (bicyclic) bond motifs is 2. The largest absolute Gasteiger partial charge is 0.440 e. The Morgan fingerprint density at radius 1 is 1.14 bits per heavy atom. The summed E-state index contributed by atoms with van der Waals surface area (Å²) in [6, 6.07) is 15.6. The quantitative estimate of drug-likeness (QED) is 0.500. The number of piperidine rings is 1. The molecule has 0 atom stereocenters. The fourth-order valence-corrected chi connectivity index (χ4v) is 4.15. The van der Waals surface area contributed by atoms with Crippen molar-refractivity contribution in [3.05, 3.63) is 65.6 Å². The molecule has 28 heavy (non-hydrogen) atoms. The number of oxazole rings is 1. The Morgan fingerprint density at radius 3 is 2.79 bits per heavy atom. The van der Waals surface area contributed by atoms with Crippen LogP contribution in [0.1, 0.15) is 24.7 Å². The number of benzene rings is 2. The van der Waals surface area contributed by atoms with Gasteiger partial charge in [0.05, 0.1) is 0 Å². The van der Waals surface area contributed by atoms with Crippen LogP contribution in [-0.2, 0) is 11.3 Å². The molecule has 0 N–H and O–H groups in total.